The summed E-state index contributed by atoms with van der Waals surface area (Å²) in [6.45, 7) is 0.523. The molecule has 3 nitrogen and oxygen atoms in total. The van der Waals surface area contributed by atoms with E-state index in [1.807, 2.05) is 0 Å². The second-order valence-electron chi connectivity index (χ2n) is 4.23. The van der Waals surface area contributed by atoms with Crippen molar-refractivity contribution in [1.82, 2.24) is 9.36 Å². The molecule has 0 amide bonds. The first kappa shape index (κ1) is 12.6. The number of nitrogens with one attached hydrogen (secondary N) is 1. The molecular formula is C10H14F3N3S. The fourth-order valence-corrected chi connectivity index (χ4v) is 2.13. The van der Waals surface area contributed by atoms with E-state index in [4.69, 9.17) is 0 Å². The number of aromatic nitrogens is 2. The molecule has 1 aliphatic carbocycles. The van der Waals surface area contributed by atoms with Gasteiger partial charge in [0.1, 0.15) is 5.82 Å². The predicted octanol–water partition coefficient (Wildman–Crippen LogP) is 3.56. The van der Waals surface area contributed by atoms with Crippen molar-refractivity contribution in [2.24, 2.45) is 0 Å². The topological polar surface area (TPSA) is 37.8 Å². The largest absolute Gasteiger partial charge is 0.389 e. The number of unbranched alkanes of at least 4 members (excludes halogenated alkanes) is 1. The van der Waals surface area contributed by atoms with Crippen LogP contribution in [0.5, 0.6) is 0 Å². The maximum absolute atomic E-state index is 11.9. The van der Waals surface area contributed by atoms with Crippen molar-refractivity contribution < 1.29 is 13.2 Å². The van der Waals surface area contributed by atoms with Gasteiger partial charge in [-0.15, -0.1) is 0 Å². The fraction of sp³-hybridized carbons (Fsp3) is 0.800. The summed E-state index contributed by atoms with van der Waals surface area (Å²) in [7, 11) is 0. The number of alkyl halides is 3. The molecule has 2 rings (SSSR count). The molecule has 0 unspecified atom stereocenters. The third kappa shape index (κ3) is 4.49. The van der Waals surface area contributed by atoms with Crippen LogP contribution in [-0.4, -0.2) is 22.1 Å². The highest BCUT2D eigenvalue weighted by atomic mass is 32.1. The van der Waals surface area contributed by atoms with Gasteiger partial charge >= 0.3 is 6.18 Å². The average Bonchev–Trinajstić information content (AvgIpc) is 2.97. The Balaban J connectivity index is 1.61. The Morgan fingerprint density at radius 2 is 2.06 bits per heavy atom. The SMILES string of the molecule is FC(F)(F)CCCCNc1nc(C2CC2)ns1. The molecule has 0 aliphatic heterocycles. The highest BCUT2D eigenvalue weighted by Gasteiger charge is 2.28. The summed E-state index contributed by atoms with van der Waals surface area (Å²) in [5.74, 6) is 1.40. The van der Waals surface area contributed by atoms with Gasteiger partial charge in [0.15, 0.2) is 0 Å². The second-order valence-corrected chi connectivity index (χ2v) is 4.98. The van der Waals surface area contributed by atoms with Crippen LogP contribution in [0.2, 0.25) is 0 Å². The maximum Gasteiger partial charge on any atom is 0.389 e. The standard InChI is InChI=1S/C10H14F3N3S/c11-10(12,13)5-1-2-6-14-9-15-8(16-17-9)7-3-4-7/h7H,1-6H2,(H,14,15,16). The minimum atomic E-state index is -4.04. The van der Waals surface area contributed by atoms with Gasteiger partial charge in [-0.2, -0.15) is 17.5 Å². The first-order valence-electron chi connectivity index (χ1n) is 5.69. The van der Waals surface area contributed by atoms with Crippen LogP contribution >= 0.6 is 11.5 Å². The molecule has 1 saturated carbocycles. The summed E-state index contributed by atoms with van der Waals surface area (Å²) >= 11 is 1.29. The summed E-state index contributed by atoms with van der Waals surface area (Å²) < 4.78 is 39.8. The van der Waals surface area contributed by atoms with Crippen LogP contribution < -0.4 is 5.32 Å². The zero-order chi connectivity index (χ0) is 12.3. The third-order valence-corrected chi connectivity index (χ3v) is 3.23. The van der Waals surface area contributed by atoms with Crippen molar-refractivity contribution in [2.45, 2.75) is 44.2 Å². The quantitative estimate of drug-likeness (QED) is 0.799. The van der Waals surface area contributed by atoms with Gasteiger partial charge in [0.05, 0.1) is 0 Å². The van der Waals surface area contributed by atoms with Gasteiger partial charge < -0.3 is 5.32 Å². The van der Waals surface area contributed by atoms with E-state index in [2.05, 4.69) is 14.7 Å². The lowest BCUT2D eigenvalue weighted by atomic mass is 10.2. The molecule has 0 bridgehead atoms. The van der Waals surface area contributed by atoms with Crippen LogP contribution in [0.4, 0.5) is 18.3 Å². The Morgan fingerprint density at radius 3 is 2.71 bits per heavy atom. The van der Waals surface area contributed by atoms with E-state index in [0.29, 0.717) is 18.9 Å². The van der Waals surface area contributed by atoms with E-state index in [1.54, 1.807) is 0 Å². The number of rotatable bonds is 6. The molecule has 1 fully saturated rings. The number of halogens is 3. The molecule has 7 heteroatoms. The summed E-state index contributed by atoms with van der Waals surface area (Å²) in [4.78, 5) is 4.29. The number of hydrogen-bond acceptors (Lipinski definition) is 4. The average molecular weight is 265 g/mol. The Kier molecular flexibility index (Phi) is 3.86. The van der Waals surface area contributed by atoms with Crippen LogP contribution in [0.1, 0.15) is 43.8 Å². The molecule has 17 heavy (non-hydrogen) atoms. The normalized spacial score (nSPS) is 16.2. The Bertz CT molecular complexity index is 360. The second kappa shape index (κ2) is 5.20. The van der Waals surface area contributed by atoms with Crippen LogP contribution in [0.3, 0.4) is 0 Å². The van der Waals surface area contributed by atoms with Crippen molar-refractivity contribution >= 4 is 16.7 Å². The molecule has 96 valence electrons. The Labute approximate surface area is 102 Å². The minimum absolute atomic E-state index is 0.158. The molecule has 0 radical (unpaired) electrons. The molecule has 1 aromatic heterocycles. The third-order valence-electron chi connectivity index (χ3n) is 2.55. The molecule has 1 N–H and O–H groups in total. The van der Waals surface area contributed by atoms with Crippen molar-refractivity contribution in [3.63, 3.8) is 0 Å². The molecule has 0 aromatic carbocycles. The highest BCUT2D eigenvalue weighted by molar-refractivity contribution is 7.09. The van der Waals surface area contributed by atoms with Crippen LogP contribution in [0.15, 0.2) is 0 Å². The van der Waals surface area contributed by atoms with Gasteiger partial charge in [-0.25, -0.2) is 4.98 Å². The molecule has 0 spiro atoms. The minimum Gasteiger partial charge on any atom is -0.360 e. The van der Waals surface area contributed by atoms with E-state index in [0.717, 1.165) is 23.8 Å². The summed E-state index contributed by atoms with van der Waals surface area (Å²) in [5.41, 5.74) is 0. The molecule has 1 aliphatic rings. The van der Waals surface area contributed by atoms with Crippen LogP contribution in [0, 0.1) is 0 Å². The van der Waals surface area contributed by atoms with Crippen molar-refractivity contribution in [3.05, 3.63) is 5.82 Å². The number of nitrogens with zero attached hydrogens (tertiary/aromatic N) is 2. The zero-order valence-electron chi connectivity index (χ0n) is 9.26. The van der Waals surface area contributed by atoms with E-state index >= 15 is 0 Å². The van der Waals surface area contributed by atoms with E-state index in [9.17, 15) is 13.2 Å². The highest BCUT2D eigenvalue weighted by Crippen LogP contribution is 2.39. The van der Waals surface area contributed by atoms with Gasteiger partial charge in [0.25, 0.3) is 0 Å². The van der Waals surface area contributed by atoms with Crippen LogP contribution in [-0.2, 0) is 0 Å². The Morgan fingerprint density at radius 1 is 1.29 bits per heavy atom. The fourth-order valence-electron chi connectivity index (χ4n) is 1.46. The molecule has 1 heterocycles. The van der Waals surface area contributed by atoms with Gasteiger partial charge in [-0.05, 0) is 25.7 Å². The van der Waals surface area contributed by atoms with Crippen molar-refractivity contribution in [2.75, 3.05) is 11.9 Å². The smallest absolute Gasteiger partial charge is 0.360 e. The van der Waals surface area contributed by atoms with Gasteiger partial charge in [0.2, 0.25) is 5.13 Å². The monoisotopic (exact) mass is 265 g/mol. The van der Waals surface area contributed by atoms with Crippen molar-refractivity contribution in [3.8, 4) is 0 Å². The summed E-state index contributed by atoms with van der Waals surface area (Å²) in [6.07, 6.45) is -1.79. The lowest BCUT2D eigenvalue weighted by molar-refractivity contribution is -0.135. The van der Waals surface area contributed by atoms with Gasteiger partial charge in [-0.3, -0.25) is 0 Å². The summed E-state index contributed by atoms with van der Waals surface area (Å²) in [5, 5.41) is 3.73. The molecule has 0 atom stereocenters. The Hall–Kier alpha value is -0.850. The predicted molar refractivity (Wildman–Crippen MR) is 60.3 cm³/mol. The molecular weight excluding hydrogens is 251 g/mol. The maximum atomic E-state index is 11.9. The summed E-state index contributed by atoms with van der Waals surface area (Å²) in [6, 6.07) is 0. The van der Waals surface area contributed by atoms with Crippen molar-refractivity contribution in [1.29, 1.82) is 0 Å². The first-order chi connectivity index (χ1) is 8.04. The lowest BCUT2D eigenvalue weighted by Gasteiger charge is -2.05. The van der Waals surface area contributed by atoms with Crippen LogP contribution in [0.25, 0.3) is 0 Å². The molecule has 1 aromatic rings. The molecule has 0 saturated heterocycles. The lowest BCUT2D eigenvalue weighted by Crippen LogP contribution is -2.08. The van der Waals surface area contributed by atoms with Gasteiger partial charge in [-0.1, -0.05) is 0 Å². The zero-order valence-corrected chi connectivity index (χ0v) is 10.1. The van der Waals surface area contributed by atoms with Gasteiger partial charge in [0, 0.05) is 30.4 Å². The number of anilines is 1. The van der Waals surface area contributed by atoms with E-state index in [-0.39, 0.29) is 6.42 Å². The number of hydrogen-bond donors (Lipinski definition) is 1. The van der Waals surface area contributed by atoms with E-state index in [1.165, 1.54) is 11.5 Å². The van der Waals surface area contributed by atoms with E-state index < -0.39 is 12.6 Å². The first-order valence-corrected chi connectivity index (χ1v) is 6.46.